The molecule has 2 heterocycles. The number of nitrogens with zero attached hydrogens (tertiary/aromatic N) is 2. The van der Waals surface area contributed by atoms with Gasteiger partial charge in [-0.3, -0.25) is 9.78 Å². The highest BCUT2D eigenvalue weighted by Gasteiger charge is 2.40. The zero-order valence-electron chi connectivity index (χ0n) is 17.4. The molecular formula is C23H21F2N3O4. The second-order valence-corrected chi connectivity index (χ2v) is 6.98. The van der Waals surface area contributed by atoms with Crippen molar-refractivity contribution >= 4 is 12.5 Å². The molecule has 2 aromatic carbocycles. The van der Waals surface area contributed by atoms with Crippen molar-refractivity contribution in [3.63, 3.8) is 0 Å². The number of carboxylic acid groups (broad SMARTS) is 1. The maximum atomic E-state index is 14.6. The van der Waals surface area contributed by atoms with E-state index >= 15 is 0 Å². The first-order valence-electron chi connectivity index (χ1n) is 9.46. The lowest BCUT2D eigenvalue weighted by Gasteiger charge is -2.26. The van der Waals surface area contributed by atoms with Crippen LogP contribution in [0, 0.1) is 18.6 Å². The average molecular weight is 441 g/mol. The number of methoxy groups -OCH3 is 1. The minimum Gasteiger partial charge on any atom is -0.496 e. The Morgan fingerprint density at radius 1 is 1.16 bits per heavy atom. The summed E-state index contributed by atoms with van der Waals surface area (Å²) in [5.74, 6) is -0.289. The Hall–Kier alpha value is -4.01. The van der Waals surface area contributed by atoms with Gasteiger partial charge in [-0.15, -0.1) is 0 Å². The van der Waals surface area contributed by atoms with Crippen LogP contribution in [0.4, 0.5) is 8.78 Å². The number of benzene rings is 2. The van der Waals surface area contributed by atoms with Gasteiger partial charge in [-0.1, -0.05) is 12.1 Å². The van der Waals surface area contributed by atoms with Gasteiger partial charge in [0.1, 0.15) is 24.0 Å². The molecule has 0 saturated carbocycles. The van der Waals surface area contributed by atoms with Gasteiger partial charge in [0.2, 0.25) is 0 Å². The van der Waals surface area contributed by atoms with E-state index in [0.717, 1.165) is 23.1 Å². The lowest BCUT2D eigenvalue weighted by Crippen LogP contribution is -2.27. The highest BCUT2D eigenvalue weighted by molar-refractivity contribution is 5.76. The topological polar surface area (TPSA) is 107 Å². The zero-order chi connectivity index (χ0) is 23.3. The Kier molecular flexibility index (Phi) is 6.67. The maximum absolute atomic E-state index is 14.6. The molecule has 0 bridgehead atoms. The van der Waals surface area contributed by atoms with Crippen LogP contribution in [-0.4, -0.2) is 36.3 Å². The van der Waals surface area contributed by atoms with Crippen LogP contribution < -0.4 is 10.5 Å². The van der Waals surface area contributed by atoms with E-state index in [9.17, 15) is 8.78 Å². The van der Waals surface area contributed by atoms with Crippen LogP contribution in [0.15, 0.2) is 59.9 Å². The number of hydrogen-bond acceptors (Lipinski definition) is 6. The van der Waals surface area contributed by atoms with Crippen molar-refractivity contribution in [2.75, 3.05) is 13.7 Å². The molecular weight excluding hydrogens is 420 g/mol. The number of rotatable bonds is 4. The summed E-state index contributed by atoms with van der Waals surface area (Å²) in [6.07, 6.45) is 2.49. The van der Waals surface area contributed by atoms with Crippen LogP contribution in [-0.2, 0) is 15.1 Å². The van der Waals surface area contributed by atoms with Crippen molar-refractivity contribution in [3.8, 4) is 16.9 Å². The summed E-state index contributed by atoms with van der Waals surface area (Å²) in [6.45, 7) is 1.84. The molecule has 1 aromatic heterocycles. The summed E-state index contributed by atoms with van der Waals surface area (Å²) in [4.78, 5) is 16.7. The summed E-state index contributed by atoms with van der Waals surface area (Å²) in [5.41, 5.74) is 7.86. The standard InChI is InChI=1S/C22H19F2N3O2.CH2O2/c1-13-7-15(4-6-20(13)28-2)22(12-29-21(25)27-22)16-3-5-19(24)18(9-16)14-8-17(23)11-26-10-14;2-1-3/h3-11H,12H2,1-2H3,(H2,25,27);1H,(H,2,3). The molecule has 0 aliphatic carbocycles. The summed E-state index contributed by atoms with van der Waals surface area (Å²) in [6, 6.07) is 11.6. The van der Waals surface area contributed by atoms with Crippen molar-refractivity contribution in [1.29, 1.82) is 0 Å². The minimum atomic E-state index is -0.954. The van der Waals surface area contributed by atoms with E-state index in [-0.39, 0.29) is 24.7 Å². The Balaban J connectivity index is 0.000000913. The van der Waals surface area contributed by atoms with E-state index < -0.39 is 17.2 Å². The number of ether oxygens (including phenoxy) is 2. The molecule has 1 atom stereocenters. The number of hydrogen-bond donors (Lipinski definition) is 2. The van der Waals surface area contributed by atoms with E-state index in [0.29, 0.717) is 11.1 Å². The van der Waals surface area contributed by atoms with Gasteiger partial charge in [0.25, 0.3) is 12.5 Å². The number of carbonyl (C=O) groups is 1. The first kappa shape index (κ1) is 22.7. The third-order valence-electron chi connectivity index (χ3n) is 5.06. The molecule has 9 heteroatoms. The Morgan fingerprint density at radius 2 is 1.84 bits per heavy atom. The molecule has 3 N–H and O–H groups in total. The number of aryl methyl sites for hydroxylation is 1. The van der Waals surface area contributed by atoms with Gasteiger partial charge < -0.3 is 20.3 Å². The monoisotopic (exact) mass is 441 g/mol. The van der Waals surface area contributed by atoms with Gasteiger partial charge >= 0.3 is 0 Å². The largest absolute Gasteiger partial charge is 0.496 e. The normalized spacial score (nSPS) is 16.9. The van der Waals surface area contributed by atoms with Crippen LogP contribution in [0.1, 0.15) is 16.7 Å². The molecule has 166 valence electrons. The lowest BCUT2D eigenvalue weighted by atomic mass is 9.82. The second kappa shape index (κ2) is 9.42. The number of amidine groups is 1. The molecule has 1 unspecified atom stereocenters. The first-order chi connectivity index (χ1) is 15.3. The summed E-state index contributed by atoms with van der Waals surface area (Å²) in [7, 11) is 1.60. The molecule has 0 saturated heterocycles. The van der Waals surface area contributed by atoms with Gasteiger partial charge in [-0.2, -0.15) is 0 Å². The van der Waals surface area contributed by atoms with Crippen molar-refractivity contribution in [1.82, 2.24) is 4.98 Å². The van der Waals surface area contributed by atoms with Crippen LogP contribution in [0.2, 0.25) is 0 Å². The fourth-order valence-corrected chi connectivity index (χ4v) is 3.59. The predicted molar refractivity (Wildman–Crippen MR) is 114 cm³/mol. The second-order valence-electron chi connectivity index (χ2n) is 6.98. The highest BCUT2D eigenvalue weighted by atomic mass is 19.1. The molecule has 0 radical (unpaired) electrons. The van der Waals surface area contributed by atoms with E-state index in [4.69, 9.17) is 25.1 Å². The molecule has 4 rings (SSSR count). The molecule has 1 aliphatic rings. The third-order valence-corrected chi connectivity index (χ3v) is 5.06. The van der Waals surface area contributed by atoms with E-state index in [2.05, 4.69) is 9.98 Å². The average Bonchev–Trinajstić information content (AvgIpc) is 3.17. The minimum absolute atomic E-state index is 0.0526. The van der Waals surface area contributed by atoms with Crippen LogP contribution in [0.25, 0.3) is 11.1 Å². The fourth-order valence-electron chi connectivity index (χ4n) is 3.59. The lowest BCUT2D eigenvalue weighted by molar-refractivity contribution is -0.122. The first-order valence-corrected chi connectivity index (χ1v) is 9.46. The Bertz CT molecular complexity index is 1170. The molecule has 7 nitrogen and oxygen atoms in total. The number of halogens is 2. The van der Waals surface area contributed by atoms with E-state index in [1.807, 2.05) is 25.1 Å². The molecule has 0 fully saturated rings. The fraction of sp³-hybridized carbons (Fsp3) is 0.174. The van der Waals surface area contributed by atoms with E-state index in [1.165, 1.54) is 18.3 Å². The summed E-state index contributed by atoms with van der Waals surface area (Å²) in [5, 5.41) is 6.89. The van der Waals surface area contributed by atoms with E-state index in [1.54, 1.807) is 19.2 Å². The van der Waals surface area contributed by atoms with Gasteiger partial charge in [0, 0.05) is 17.3 Å². The molecule has 0 amide bonds. The van der Waals surface area contributed by atoms with Gasteiger partial charge in [-0.25, -0.2) is 13.8 Å². The number of pyridine rings is 1. The van der Waals surface area contributed by atoms with Crippen LogP contribution in [0.5, 0.6) is 5.75 Å². The van der Waals surface area contributed by atoms with Crippen molar-refractivity contribution in [2.24, 2.45) is 10.7 Å². The number of aromatic nitrogens is 1. The predicted octanol–water partition coefficient (Wildman–Crippen LogP) is 3.63. The molecule has 3 aromatic rings. The maximum Gasteiger partial charge on any atom is 0.290 e. The SMILES string of the molecule is COc1ccc(C2(c3ccc(F)c(-c4cncc(F)c4)c3)COC(N)=N2)cc1C.O=CO. The zero-order valence-corrected chi connectivity index (χ0v) is 17.4. The van der Waals surface area contributed by atoms with Gasteiger partial charge in [0.15, 0.2) is 5.54 Å². The van der Waals surface area contributed by atoms with Crippen molar-refractivity contribution < 1.29 is 28.2 Å². The molecule has 0 spiro atoms. The highest BCUT2D eigenvalue weighted by Crippen LogP contribution is 2.40. The van der Waals surface area contributed by atoms with Gasteiger partial charge in [0.05, 0.1) is 13.3 Å². The molecule has 32 heavy (non-hydrogen) atoms. The summed E-state index contributed by atoms with van der Waals surface area (Å²) < 4.78 is 39.1. The Labute approximate surface area is 183 Å². The number of nitrogens with two attached hydrogens (primary N) is 1. The van der Waals surface area contributed by atoms with Crippen molar-refractivity contribution in [2.45, 2.75) is 12.5 Å². The van der Waals surface area contributed by atoms with Gasteiger partial charge in [-0.05, 0) is 53.9 Å². The quantitative estimate of drug-likeness (QED) is 0.599. The Morgan fingerprint density at radius 3 is 2.44 bits per heavy atom. The smallest absolute Gasteiger partial charge is 0.290 e. The van der Waals surface area contributed by atoms with Crippen LogP contribution >= 0.6 is 0 Å². The number of aliphatic imine (C=N–C) groups is 1. The van der Waals surface area contributed by atoms with Crippen molar-refractivity contribution in [3.05, 3.63) is 83.2 Å². The molecule has 1 aliphatic heterocycles. The van der Waals surface area contributed by atoms with Crippen LogP contribution in [0.3, 0.4) is 0 Å². The summed E-state index contributed by atoms with van der Waals surface area (Å²) >= 11 is 0. The third kappa shape index (κ3) is 4.36.